The molecule has 1 aliphatic rings. The van der Waals surface area contributed by atoms with Crippen LogP contribution >= 0.6 is 11.3 Å². The van der Waals surface area contributed by atoms with Gasteiger partial charge in [0.2, 0.25) is 0 Å². The van der Waals surface area contributed by atoms with Crippen LogP contribution in [0.15, 0.2) is 10.4 Å². The van der Waals surface area contributed by atoms with Crippen LogP contribution in [0.2, 0.25) is 0 Å². The lowest BCUT2D eigenvalue weighted by molar-refractivity contribution is 0.275. The molecule has 5 nitrogen and oxygen atoms in total. The highest BCUT2D eigenvalue weighted by Crippen LogP contribution is 2.25. The molecule has 0 amide bonds. The molecule has 0 saturated carbocycles. The van der Waals surface area contributed by atoms with Gasteiger partial charge in [0, 0.05) is 19.1 Å². The molecule has 1 aromatic heterocycles. The first-order valence-electron chi connectivity index (χ1n) is 6.20. The molecule has 1 unspecified atom stereocenters. The number of piperidine rings is 1. The molecule has 0 spiro atoms. The lowest BCUT2D eigenvalue weighted by Crippen LogP contribution is -2.48. The van der Waals surface area contributed by atoms with Crippen molar-refractivity contribution in [2.75, 3.05) is 19.6 Å². The van der Waals surface area contributed by atoms with E-state index in [1.54, 1.807) is 4.31 Å². The van der Waals surface area contributed by atoms with Crippen molar-refractivity contribution in [2.45, 2.75) is 36.9 Å². The first-order valence-corrected chi connectivity index (χ1v) is 8.46. The number of aryl methyl sites for hydroxylation is 1. The third kappa shape index (κ3) is 2.74. The molecule has 2 heterocycles. The Morgan fingerprint density at radius 3 is 2.89 bits per heavy atom. The van der Waals surface area contributed by atoms with Crippen molar-refractivity contribution in [3.8, 4) is 0 Å². The summed E-state index contributed by atoms with van der Waals surface area (Å²) in [6.07, 6.45) is 3.42. The summed E-state index contributed by atoms with van der Waals surface area (Å²) in [6.45, 7) is 5.94. The maximum atomic E-state index is 12.5. The van der Waals surface area contributed by atoms with Gasteiger partial charge in [-0.15, -0.1) is 11.3 Å². The Morgan fingerprint density at radius 1 is 1.61 bits per heavy atom. The molecule has 7 heteroatoms. The summed E-state index contributed by atoms with van der Waals surface area (Å²) in [5, 5.41) is 4.04. The van der Waals surface area contributed by atoms with E-state index in [1.165, 1.54) is 17.5 Å². The molecule has 1 saturated heterocycles. The normalized spacial score (nSPS) is 21.4. The van der Waals surface area contributed by atoms with E-state index < -0.39 is 10.0 Å². The molecule has 1 aliphatic heterocycles. The van der Waals surface area contributed by atoms with Crippen LogP contribution in [0, 0.1) is 6.92 Å². The van der Waals surface area contributed by atoms with Gasteiger partial charge in [-0.3, -0.25) is 0 Å². The monoisotopic (exact) mass is 289 g/mol. The number of hydrogen-bond acceptors (Lipinski definition) is 5. The van der Waals surface area contributed by atoms with Crippen molar-refractivity contribution in [3.05, 3.63) is 11.2 Å². The van der Waals surface area contributed by atoms with Crippen LogP contribution < -0.4 is 5.32 Å². The standard InChI is InChI=1S/C11H19N3O2S2/c1-3-14(10-5-4-6-12-7-10)18(15,16)11-8-13-9(2)17-11/h8,10,12H,3-7H2,1-2H3. The summed E-state index contributed by atoms with van der Waals surface area (Å²) >= 11 is 1.24. The fourth-order valence-corrected chi connectivity index (χ4v) is 5.18. The fourth-order valence-electron chi connectivity index (χ4n) is 2.28. The van der Waals surface area contributed by atoms with Crippen molar-refractivity contribution in [1.29, 1.82) is 0 Å². The van der Waals surface area contributed by atoms with Gasteiger partial charge in [-0.05, 0) is 26.3 Å². The molecule has 1 fully saturated rings. The molecule has 1 N–H and O–H groups in total. The van der Waals surface area contributed by atoms with Crippen molar-refractivity contribution in [3.63, 3.8) is 0 Å². The second kappa shape index (κ2) is 5.64. The maximum Gasteiger partial charge on any atom is 0.254 e. The van der Waals surface area contributed by atoms with Gasteiger partial charge in [0.05, 0.1) is 11.2 Å². The van der Waals surface area contributed by atoms with E-state index in [4.69, 9.17) is 0 Å². The van der Waals surface area contributed by atoms with E-state index in [2.05, 4.69) is 10.3 Å². The Balaban J connectivity index is 2.25. The molecule has 0 bridgehead atoms. The average Bonchev–Trinajstić information content (AvgIpc) is 2.78. The SMILES string of the molecule is CCN(C1CCCNC1)S(=O)(=O)c1cnc(C)s1. The summed E-state index contributed by atoms with van der Waals surface area (Å²) in [5.74, 6) is 0. The second-order valence-corrected chi connectivity index (χ2v) is 7.76. The van der Waals surface area contributed by atoms with E-state index in [-0.39, 0.29) is 6.04 Å². The van der Waals surface area contributed by atoms with E-state index in [0.29, 0.717) is 10.8 Å². The number of likely N-dealkylation sites (N-methyl/N-ethyl adjacent to an activating group) is 1. The number of thiazole rings is 1. The van der Waals surface area contributed by atoms with Gasteiger partial charge >= 0.3 is 0 Å². The van der Waals surface area contributed by atoms with Crippen LogP contribution in [0.25, 0.3) is 0 Å². The summed E-state index contributed by atoms with van der Waals surface area (Å²) < 4.78 is 27.0. The molecule has 18 heavy (non-hydrogen) atoms. The highest BCUT2D eigenvalue weighted by molar-refractivity contribution is 7.91. The smallest absolute Gasteiger partial charge is 0.254 e. The van der Waals surface area contributed by atoms with Gasteiger partial charge in [0.1, 0.15) is 0 Å². The summed E-state index contributed by atoms with van der Waals surface area (Å²) in [5.41, 5.74) is 0. The summed E-state index contributed by atoms with van der Waals surface area (Å²) in [4.78, 5) is 4.04. The van der Waals surface area contributed by atoms with E-state index in [9.17, 15) is 8.42 Å². The van der Waals surface area contributed by atoms with Gasteiger partial charge in [-0.1, -0.05) is 6.92 Å². The van der Waals surface area contributed by atoms with Crippen LogP contribution in [0.4, 0.5) is 0 Å². The summed E-state index contributed by atoms with van der Waals surface area (Å²) in [7, 11) is -3.38. The van der Waals surface area contributed by atoms with Gasteiger partial charge in [0.15, 0.2) is 4.21 Å². The lowest BCUT2D eigenvalue weighted by Gasteiger charge is -2.32. The first kappa shape index (κ1) is 13.9. The zero-order valence-corrected chi connectivity index (χ0v) is 12.4. The van der Waals surface area contributed by atoms with Crippen LogP contribution in [-0.2, 0) is 10.0 Å². The molecule has 102 valence electrons. The third-order valence-electron chi connectivity index (χ3n) is 3.15. The third-order valence-corrected chi connectivity index (χ3v) is 6.53. The first-order chi connectivity index (χ1) is 8.55. The van der Waals surface area contributed by atoms with E-state index >= 15 is 0 Å². The predicted octanol–water partition coefficient (Wildman–Crippen LogP) is 1.21. The lowest BCUT2D eigenvalue weighted by atomic mass is 10.1. The Labute approximate surface area is 112 Å². The second-order valence-electron chi connectivity index (χ2n) is 4.41. The van der Waals surface area contributed by atoms with Crippen molar-refractivity contribution in [2.24, 2.45) is 0 Å². The molecular weight excluding hydrogens is 270 g/mol. The van der Waals surface area contributed by atoms with Gasteiger partial charge < -0.3 is 5.32 Å². The average molecular weight is 289 g/mol. The van der Waals surface area contributed by atoms with Gasteiger partial charge in [-0.2, -0.15) is 4.31 Å². The highest BCUT2D eigenvalue weighted by atomic mass is 32.2. The number of hydrogen-bond donors (Lipinski definition) is 1. The quantitative estimate of drug-likeness (QED) is 0.905. The number of aromatic nitrogens is 1. The largest absolute Gasteiger partial charge is 0.315 e. The molecule has 0 radical (unpaired) electrons. The molecule has 1 atom stereocenters. The Morgan fingerprint density at radius 2 is 2.39 bits per heavy atom. The van der Waals surface area contributed by atoms with Gasteiger partial charge in [-0.25, -0.2) is 13.4 Å². The van der Waals surface area contributed by atoms with Crippen LogP contribution in [0.3, 0.4) is 0 Å². The van der Waals surface area contributed by atoms with Crippen molar-refractivity contribution >= 4 is 21.4 Å². The number of nitrogens with zero attached hydrogens (tertiary/aromatic N) is 2. The minimum absolute atomic E-state index is 0.0659. The van der Waals surface area contributed by atoms with Crippen LogP contribution in [-0.4, -0.2) is 43.4 Å². The van der Waals surface area contributed by atoms with Crippen LogP contribution in [0.1, 0.15) is 24.8 Å². The zero-order valence-electron chi connectivity index (χ0n) is 10.7. The molecule has 0 aromatic carbocycles. The minimum Gasteiger partial charge on any atom is -0.315 e. The predicted molar refractivity (Wildman–Crippen MR) is 72.3 cm³/mol. The minimum atomic E-state index is -3.38. The molecule has 1 aromatic rings. The van der Waals surface area contributed by atoms with Crippen molar-refractivity contribution in [1.82, 2.24) is 14.6 Å². The number of nitrogens with one attached hydrogen (secondary N) is 1. The van der Waals surface area contributed by atoms with Crippen LogP contribution in [0.5, 0.6) is 0 Å². The molecular formula is C11H19N3O2S2. The molecule has 2 rings (SSSR count). The molecule has 0 aliphatic carbocycles. The Kier molecular flexibility index (Phi) is 4.37. The topological polar surface area (TPSA) is 62.3 Å². The number of rotatable bonds is 4. The highest BCUT2D eigenvalue weighted by Gasteiger charge is 2.32. The van der Waals surface area contributed by atoms with E-state index in [1.807, 2.05) is 13.8 Å². The zero-order chi connectivity index (χ0) is 13.2. The fraction of sp³-hybridized carbons (Fsp3) is 0.727. The maximum absolute atomic E-state index is 12.5. The van der Waals surface area contributed by atoms with E-state index in [0.717, 1.165) is 30.9 Å². The van der Waals surface area contributed by atoms with Crippen molar-refractivity contribution < 1.29 is 8.42 Å². The number of sulfonamides is 1. The Bertz CT molecular complexity index is 492. The van der Waals surface area contributed by atoms with Gasteiger partial charge in [0.25, 0.3) is 10.0 Å². The summed E-state index contributed by atoms with van der Waals surface area (Å²) in [6, 6.07) is 0.0659. The Hall–Kier alpha value is -0.500.